The van der Waals surface area contributed by atoms with E-state index in [4.69, 9.17) is 0 Å². The third-order valence-corrected chi connectivity index (χ3v) is 5.23. The standard InChI is InChI=1S/C15H15F6N5S/c1-2-9-7-26(4-3-22-9)11-10(25-13(27-11)15(19,20)21)8-5-23-12(24-6-8)14(16,17)18/h5-6,9,22H,2-4,7H2,1H3/t9-/m1/s1. The smallest absolute Gasteiger partial charge is 0.359 e. The van der Waals surface area contributed by atoms with Crippen LogP contribution in [0.5, 0.6) is 0 Å². The number of nitrogens with one attached hydrogen (secondary N) is 1. The highest BCUT2D eigenvalue weighted by molar-refractivity contribution is 7.16. The molecule has 0 bridgehead atoms. The summed E-state index contributed by atoms with van der Waals surface area (Å²) >= 11 is 0.474. The number of nitrogens with zero attached hydrogens (tertiary/aromatic N) is 4. The molecule has 27 heavy (non-hydrogen) atoms. The first-order chi connectivity index (χ1) is 12.6. The van der Waals surface area contributed by atoms with Gasteiger partial charge in [0.2, 0.25) is 10.8 Å². The Morgan fingerprint density at radius 3 is 2.37 bits per heavy atom. The van der Waals surface area contributed by atoms with Crippen molar-refractivity contribution >= 4 is 16.3 Å². The van der Waals surface area contributed by atoms with Gasteiger partial charge in [0.05, 0.1) is 0 Å². The van der Waals surface area contributed by atoms with Crippen molar-refractivity contribution in [3.8, 4) is 11.3 Å². The Labute approximate surface area is 154 Å². The van der Waals surface area contributed by atoms with Crippen LogP contribution in [0.1, 0.15) is 24.2 Å². The van der Waals surface area contributed by atoms with Crippen LogP contribution in [0, 0.1) is 0 Å². The third-order valence-electron chi connectivity index (χ3n) is 4.07. The largest absolute Gasteiger partial charge is 0.451 e. The van der Waals surface area contributed by atoms with Gasteiger partial charge < -0.3 is 10.2 Å². The molecule has 0 spiro atoms. The highest BCUT2D eigenvalue weighted by atomic mass is 32.1. The Morgan fingerprint density at radius 1 is 1.15 bits per heavy atom. The summed E-state index contributed by atoms with van der Waals surface area (Å²) in [7, 11) is 0. The summed E-state index contributed by atoms with van der Waals surface area (Å²) < 4.78 is 77.4. The van der Waals surface area contributed by atoms with Crippen molar-refractivity contribution in [3.05, 3.63) is 23.2 Å². The molecule has 0 aliphatic carbocycles. The van der Waals surface area contributed by atoms with Crippen molar-refractivity contribution < 1.29 is 26.3 Å². The van der Waals surface area contributed by atoms with E-state index in [0.29, 0.717) is 31.0 Å². The van der Waals surface area contributed by atoms with Gasteiger partial charge in [-0.15, -0.1) is 0 Å². The Morgan fingerprint density at radius 2 is 1.81 bits per heavy atom. The molecule has 0 radical (unpaired) electrons. The fourth-order valence-corrected chi connectivity index (χ4v) is 3.71. The monoisotopic (exact) mass is 411 g/mol. The molecular formula is C15H15F6N5S. The number of thiazole rings is 1. The first-order valence-corrected chi connectivity index (χ1v) is 8.87. The normalized spacial score (nSPS) is 18.8. The van der Waals surface area contributed by atoms with Crippen molar-refractivity contribution in [2.75, 3.05) is 24.5 Å². The predicted octanol–water partition coefficient (Wildman–Crippen LogP) is 3.83. The summed E-state index contributed by atoms with van der Waals surface area (Å²) in [6.45, 7) is 3.48. The van der Waals surface area contributed by atoms with Crippen LogP contribution in [0.25, 0.3) is 11.3 Å². The van der Waals surface area contributed by atoms with Crippen LogP contribution in [-0.4, -0.2) is 40.6 Å². The molecule has 3 heterocycles. The maximum absolute atomic E-state index is 13.2. The first-order valence-electron chi connectivity index (χ1n) is 8.05. The van der Waals surface area contributed by atoms with Gasteiger partial charge >= 0.3 is 12.4 Å². The molecule has 5 nitrogen and oxygen atoms in total. The van der Waals surface area contributed by atoms with Gasteiger partial charge in [0.15, 0.2) is 0 Å². The van der Waals surface area contributed by atoms with Crippen molar-refractivity contribution in [2.45, 2.75) is 31.7 Å². The Kier molecular flexibility index (Phi) is 5.30. The van der Waals surface area contributed by atoms with Crippen LogP contribution in [0.4, 0.5) is 31.3 Å². The SMILES string of the molecule is CC[C@@H]1CN(c2sc(C(F)(F)F)nc2-c2cnc(C(F)(F)F)nc2)CCN1. The number of hydrogen-bond donors (Lipinski definition) is 1. The van der Waals surface area contributed by atoms with Crippen LogP contribution < -0.4 is 10.2 Å². The van der Waals surface area contributed by atoms with Crippen molar-refractivity contribution in [1.29, 1.82) is 0 Å². The van der Waals surface area contributed by atoms with E-state index in [1.165, 1.54) is 0 Å². The molecule has 1 fully saturated rings. The molecule has 3 rings (SSSR count). The van der Waals surface area contributed by atoms with E-state index in [1.807, 2.05) is 6.92 Å². The van der Waals surface area contributed by atoms with Crippen LogP contribution in [0.15, 0.2) is 12.4 Å². The zero-order valence-electron chi connectivity index (χ0n) is 14.0. The van der Waals surface area contributed by atoms with Gasteiger partial charge in [-0.2, -0.15) is 26.3 Å². The quantitative estimate of drug-likeness (QED) is 0.779. The van der Waals surface area contributed by atoms with Gasteiger partial charge in [0.1, 0.15) is 10.7 Å². The lowest BCUT2D eigenvalue weighted by atomic mass is 10.1. The van der Waals surface area contributed by atoms with E-state index in [9.17, 15) is 26.3 Å². The predicted molar refractivity (Wildman–Crippen MR) is 87.4 cm³/mol. The molecule has 2 aromatic heterocycles. The van der Waals surface area contributed by atoms with Gasteiger partial charge in [0.25, 0.3) is 0 Å². The second-order valence-corrected chi connectivity index (χ2v) is 6.95. The molecular weight excluding hydrogens is 396 g/mol. The van der Waals surface area contributed by atoms with Crippen LogP contribution in [-0.2, 0) is 12.4 Å². The number of aromatic nitrogens is 3. The molecule has 12 heteroatoms. The zero-order chi connectivity index (χ0) is 19.8. The maximum atomic E-state index is 13.2. The summed E-state index contributed by atoms with van der Waals surface area (Å²) in [5, 5.41) is 2.46. The highest BCUT2D eigenvalue weighted by Crippen LogP contribution is 2.42. The van der Waals surface area contributed by atoms with E-state index < -0.39 is 23.2 Å². The van der Waals surface area contributed by atoms with E-state index in [-0.39, 0.29) is 22.3 Å². The number of anilines is 1. The summed E-state index contributed by atoms with van der Waals surface area (Å²) in [6, 6.07) is 0.104. The Balaban J connectivity index is 2.02. The third kappa shape index (κ3) is 4.32. The molecule has 1 aliphatic heterocycles. The Hall–Kier alpha value is -1.95. The summed E-state index contributed by atoms with van der Waals surface area (Å²) in [5.74, 6) is -1.35. The van der Waals surface area contributed by atoms with Crippen molar-refractivity contribution in [1.82, 2.24) is 20.3 Å². The zero-order valence-corrected chi connectivity index (χ0v) is 14.8. The summed E-state index contributed by atoms with van der Waals surface area (Å²) in [6.07, 6.45) is -6.88. The maximum Gasteiger partial charge on any atom is 0.451 e. The van der Waals surface area contributed by atoms with Crippen LogP contribution in [0.2, 0.25) is 0 Å². The minimum Gasteiger partial charge on any atom is -0.359 e. The first kappa shape index (κ1) is 19.8. The fourth-order valence-electron chi connectivity index (χ4n) is 2.72. The molecule has 0 saturated carbocycles. The van der Waals surface area contributed by atoms with Gasteiger partial charge in [-0.05, 0) is 6.42 Å². The van der Waals surface area contributed by atoms with Crippen molar-refractivity contribution in [2.24, 2.45) is 0 Å². The highest BCUT2D eigenvalue weighted by Gasteiger charge is 2.38. The van der Waals surface area contributed by atoms with Gasteiger partial charge in [-0.3, -0.25) is 0 Å². The average Bonchev–Trinajstić information content (AvgIpc) is 3.07. The minimum absolute atomic E-state index is 0.0105. The molecule has 1 N–H and O–H groups in total. The van der Waals surface area contributed by atoms with Gasteiger partial charge in [0, 0.05) is 43.6 Å². The number of alkyl halides is 6. The minimum atomic E-state index is -4.73. The lowest BCUT2D eigenvalue weighted by Gasteiger charge is -2.34. The fraction of sp³-hybridized carbons (Fsp3) is 0.533. The van der Waals surface area contributed by atoms with Gasteiger partial charge in [-0.1, -0.05) is 18.3 Å². The molecule has 1 atom stereocenters. The average molecular weight is 411 g/mol. The molecule has 148 valence electrons. The summed E-state index contributed by atoms with van der Waals surface area (Å²) in [5.41, 5.74) is -0.0471. The number of hydrogen-bond acceptors (Lipinski definition) is 6. The number of halogens is 6. The number of rotatable bonds is 3. The lowest BCUT2D eigenvalue weighted by Crippen LogP contribution is -2.50. The molecule has 0 aromatic carbocycles. The van der Waals surface area contributed by atoms with Gasteiger partial charge in [-0.25, -0.2) is 15.0 Å². The molecule has 0 unspecified atom stereocenters. The molecule has 1 saturated heterocycles. The van der Waals surface area contributed by atoms with E-state index in [2.05, 4.69) is 20.3 Å². The molecule has 2 aromatic rings. The van der Waals surface area contributed by atoms with E-state index in [0.717, 1.165) is 18.8 Å². The Bertz CT molecular complexity index is 785. The van der Waals surface area contributed by atoms with Crippen LogP contribution >= 0.6 is 11.3 Å². The second-order valence-electron chi connectivity index (χ2n) is 5.97. The van der Waals surface area contributed by atoms with E-state index in [1.54, 1.807) is 4.90 Å². The lowest BCUT2D eigenvalue weighted by molar-refractivity contribution is -0.145. The topological polar surface area (TPSA) is 53.9 Å². The van der Waals surface area contributed by atoms with Crippen molar-refractivity contribution in [3.63, 3.8) is 0 Å². The second kappa shape index (κ2) is 7.23. The molecule has 0 amide bonds. The van der Waals surface area contributed by atoms with E-state index >= 15 is 0 Å². The molecule has 1 aliphatic rings. The summed E-state index contributed by atoms with van der Waals surface area (Å²) in [4.78, 5) is 11.9. The number of piperazine rings is 1. The van der Waals surface area contributed by atoms with Crippen LogP contribution in [0.3, 0.4) is 0 Å².